The topological polar surface area (TPSA) is 0 Å². The average molecular weight is 480 g/mol. The molecule has 0 bridgehead atoms. The lowest BCUT2D eigenvalue weighted by molar-refractivity contribution is -0.458. The molecule has 0 spiro atoms. The summed E-state index contributed by atoms with van der Waals surface area (Å²) in [4.78, 5) is 0. The van der Waals surface area contributed by atoms with Gasteiger partial charge in [0.2, 0.25) is 0 Å². The van der Waals surface area contributed by atoms with Crippen molar-refractivity contribution in [2.75, 3.05) is 6.16 Å². The zero-order valence-corrected chi connectivity index (χ0v) is 13.6. The molecule has 170 valence electrons. The maximum Gasteiger partial charge on any atom is 0.460 e. The van der Waals surface area contributed by atoms with E-state index < -0.39 is 62.1 Å². The Balaban J connectivity index is 6.63. The number of hydrogen-bond acceptors (Lipinski definition) is 0. The van der Waals surface area contributed by atoms with E-state index in [4.69, 9.17) is 0 Å². The maximum atomic E-state index is 13.2. The van der Waals surface area contributed by atoms with Gasteiger partial charge in [-0.1, -0.05) is 6.92 Å². The number of hydrogen-bond donors (Lipinski definition) is 0. The molecule has 1 atom stereocenters. The van der Waals surface area contributed by atoms with E-state index in [1.807, 2.05) is 0 Å². The maximum absolute atomic E-state index is 13.2. The van der Waals surface area contributed by atoms with Crippen LogP contribution in [-0.2, 0) is 0 Å². The summed E-state index contributed by atoms with van der Waals surface area (Å²) < 4.78 is 217. The van der Waals surface area contributed by atoms with E-state index in [1.165, 1.54) is 0 Å². The minimum Gasteiger partial charge on any atom is -0.195 e. The molecule has 1 unspecified atom stereocenters. The molecule has 0 aliphatic rings. The first-order chi connectivity index (χ1) is 11.8. The third-order valence-electron chi connectivity index (χ3n) is 3.12. The van der Waals surface area contributed by atoms with Gasteiger partial charge in [-0.25, -0.2) is 0 Å². The summed E-state index contributed by atoms with van der Waals surface area (Å²) in [5.74, 6) is -49.3. The first-order valence-corrected chi connectivity index (χ1v) is 7.48. The van der Waals surface area contributed by atoms with E-state index in [9.17, 15) is 74.6 Å². The summed E-state index contributed by atoms with van der Waals surface area (Å²) >= 11 is 0. The molecule has 0 N–H and O–H groups in total. The fraction of sp³-hybridized carbons (Fsp3) is 1.00. The van der Waals surface area contributed by atoms with E-state index in [1.54, 1.807) is 0 Å². The number of rotatable bonds is 8. The molecule has 18 heteroatoms. The molecule has 0 saturated carbocycles. The Bertz CT molecular complexity index is 559. The van der Waals surface area contributed by atoms with Crippen LogP contribution in [0.1, 0.15) is 6.92 Å². The standard InChI is InChI=1S/C10H6F17P/c1-2-28-10(26,27)8(21,22)6(17,18)4(13,14)3(11,12)5(15,16)7(19,20)9(23,24)25/h28H,2H2,1H3. The highest BCUT2D eigenvalue weighted by molar-refractivity contribution is 7.39. The van der Waals surface area contributed by atoms with Crippen molar-refractivity contribution in [1.29, 1.82) is 0 Å². The van der Waals surface area contributed by atoms with Crippen LogP contribution < -0.4 is 0 Å². The van der Waals surface area contributed by atoms with Crippen molar-refractivity contribution in [2.24, 2.45) is 0 Å². The van der Waals surface area contributed by atoms with Crippen molar-refractivity contribution in [3.8, 4) is 0 Å². The van der Waals surface area contributed by atoms with Crippen molar-refractivity contribution in [3.05, 3.63) is 0 Å². The lowest BCUT2D eigenvalue weighted by atomic mass is 9.91. The fourth-order valence-corrected chi connectivity index (χ4v) is 2.32. The molecule has 0 radical (unpaired) electrons. The lowest BCUT2D eigenvalue weighted by Gasteiger charge is -2.42. The first kappa shape index (κ1) is 27.2. The van der Waals surface area contributed by atoms with Crippen LogP contribution in [0.15, 0.2) is 0 Å². The molecule has 0 amide bonds. The van der Waals surface area contributed by atoms with Crippen molar-refractivity contribution in [1.82, 2.24) is 0 Å². The fourth-order valence-electron chi connectivity index (χ4n) is 1.50. The minimum absolute atomic E-state index is 0.603. The van der Waals surface area contributed by atoms with Gasteiger partial charge >= 0.3 is 47.4 Å². The summed E-state index contributed by atoms with van der Waals surface area (Å²) in [6.45, 7) is 0.603. The molecule has 0 aromatic heterocycles. The average Bonchev–Trinajstić information content (AvgIpc) is 2.44. The zero-order chi connectivity index (χ0) is 23.4. The third-order valence-corrected chi connectivity index (χ3v) is 4.23. The molecular formula is C10H6F17P. The summed E-state index contributed by atoms with van der Waals surface area (Å²) in [5, 5.41) is 0. The van der Waals surface area contributed by atoms with Gasteiger partial charge in [0.25, 0.3) is 0 Å². The second kappa shape index (κ2) is 6.89. The van der Waals surface area contributed by atoms with Crippen LogP contribution in [0.3, 0.4) is 0 Å². The van der Waals surface area contributed by atoms with Gasteiger partial charge in [0, 0.05) is 0 Å². The molecule has 0 nitrogen and oxygen atoms in total. The lowest BCUT2D eigenvalue weighted by Crippen LogP contribution is -2.74. The Morgan fingerprint density at radius 3 is 0.929 bits per heavy atom. The normalized spacial score (nSPS) is 16.9. The van der Waals surface area contributed by atoms with E-state index in [-0.39, 0.29) is 0 Å². The highest BCUT2D eigenvalue weighted by Gasteiger charge is 2.95. The van der Waals surface area contributed by atoms with Crippen LogP contribution in [0.2, 0.25) is 0 Å². The van der Waals surface area contributed by atoms with Crippen LogP contribution in [0.5, 0.6) is 0 Å². The van der Waals surface area contributed by atoms with E-state index >= 15 is 0 Å². The van der Waals surface area contributed by atoms with Crippen molar-refractivity contribution < 1.29 is 74.6 Å². The molecule has 0 saturated heterocycles. The predicted molar refractivity (Wildman–Crippen MR) is 59.5 cm³/mol. The van der Waals surface area contributed by atoms with Gasteiger partial charge < -0.3 is 0 Å². The van der Waals surface area contributed by atoms with E-state index in [0.29, 0.717) is 6.92 Å². The third kappa shape index (κ3) is 3.38. The Morgan fingerprint density at radius 2 is 0.679 bits per heavy atom. The van der Waals surface area contributed by atoms with Crippen LogP contribution in [0.4, 0.5) is 74.6 Å². The quantitative estimate of drug-likeness (QED) is 0.270. The van der Waals surface area contributed by atoms with Gasteiger partial charge in [-0.2, -0.15) is 74.6 Å². The summed E-state index contributed by atoms with van der Waals surface area (Å²) in [6.07, 6.45) is -8.87. The molecule has 0 aromatic rings. The minimum atomic E-state index is -8.56. The molecule has 0 aromatic carbocycles. The summed E-state index contributed by atoms with van der Waals surface area (Å²) in [6, 6.07) is 0. The van der Waals surface area contributed by atoms with E-state index in [2.05, 4.69) is 0 Å². The SMILES string of the molecule is CCPC(F)(F)C(F)(F)C(F)(F)C(F)(F)C(F)(F)C(F)(F)C(F)(F)C(F)(F)F. The molecule has 0 aliphatic carbocycles. The largest absolute Gasteiger partial charge is 0.460 e. The Hall–Kier alpha value is -0.760. The van der Waals surface area contributed by atoms with Gasteiger partial charge in [-0.15, -0.1) is 0 Å². The van der Waals surface area contributed by atoms with Crippen molar-refractivity contribution in [3.63, 3.8) is 0 Å². The Morgan fingerprint density at radius 1 is 0.429 bits per heavy atom. The molecule has 0 aliphatic heterocycles. The smallest absolute Gasteiger partial charge is 0.195 e. The first-order valence-electron chi connectivity index (χ1n) is 6.27. The Kier molecular flexibility index (Phi) is 6.71. The number of alkyl halides is 17. The van der Waals surface area contributed by atoms with Crippen LogP contribution in [-0.4, -0.2) is 53.5 Å². The van der Waals surface area contributed by atoms with Gasteiger partial charge in [0.15, 0.2) is 0 Å². The van der Waals surface area contributed by atoms with Gasteiger partial charge in [-0.05, 0) is 14.7 Å². The van der Waals surface area contributed by atoms with E-state index in [0.717, 1.165) is 0 Å². The Labute approximate surface area is 145 Å². The second-order valence-corrected chi connectivity index (χ2v) is 6.74. The van der Waals surface area contributed by atoms with Crippen LogP contribution >= 0.6 is 8.58 Å². The summed E-state index contributed by atoms with van der Waals surface area (Å²) in [7, 11) is -2.66. The zero-order valence-electron chi connectivity index (χ0n) is 12.6. The molecule has 0 fully saturated rings. The van der Waals surface area contributed by atoms with Gasteiger partial charge in [0.05, 0.1) is 0 Å². The second-order valence-electron chi connectivity index (χ2n) is 5.05. The monoisotopic (exact) mass is 480 g/mol. The molecule has 0 heterocycles. The van der Waals surface area contributed by atoms with Crippen LogP contribution in [0, 0.1) is 0 Å². The highest BCUT2D eigenvalue weighted by atomic mass is 31.1. The number of halogens is 17. The molecular weight excluding hydrogens is 474 g/mol. The van der Waals surface area contributed by atoms with Crippen molar-refractivity contribution in [2.45, 2.75) is 54.3 Å². The van der Waals surface area contributed by atoms with Crippen molar-refractivity contribution >= 4 is 8.58 Å². The van der Waals surface area contributed by atoms with Gasteiger partial charge in [-0.3, -0.25) is 0 Å². The van der Waals surface area contributed by atoms with Crippen LogP contribution in [0.25, 0.3) is 0 Å². The molecule has 28 heavy (non-hydrogen) atoms. The summed E-state index contributed by atoms with van der Waals surface area (Å²) in [5.41, 5.74) is -6.23. The van der Waals surface area contributed by atoms with Gasteiger partial charge in [0.1, 0.15) is 0 Å². The predicted octanol–water partition coefficient (Wildman–Crippen LogP) is 6.65. The molecule has 0 rings (SSSR count). The highest BCUT2D eigenvalue weighted by Crippen LogP contribution is 2.65.